The molecule has 0 spiro atoms. The summed E-state index contributed by atoms with van der Waals surface area (Å²) < 4.78 is 10.8. The Balaban J connectivity index is 2.21. The van der Waals surface area contributed by atoms with Gasteiger partial charge in [0.25, 0.3) is 5.91 Å². The third-order valence-corrected chi connectivity index (χ3v) is 4.52. The van der Waals surface area contributed by atoms with Crippen molar-refractivity contribution in [3.05, 3.63) is 64.7 Å². The van der Waals surface area contributed by atoms with Crippen molar-refractivity contribution in [3.63, 3.8) is 0 Å². The average molecular weight is 367 g/mol. The van der Waals surface area contributed by atoms with Crippen LogP contribution < -0.4 is 19.7 Å². The smallest absolute Gasteiger partial charge is 0.266 e. The number of carbonyl (C=O) groups excluding carboxylic acids is 1. The quantitative estimate of drug-likeness (QED) is 0.813. The Labute approximate surface area is 157 Å². The highest BCUT2D eigenvalue weighted by atomic mass is 32.1. The van der Waals surface area contributed by atoms with Crippen LogP contribution in [-0.4, -0.2) is 20.1 Å². The van der Waals surface area contributed by atoms with Gasteiger partial charge in [0.15, 0.2) is 0 Å². The molecule has 1 aliphatic heterocycles. The summed E-state index contributed by atoms with van der Waals surface area (Å²) in [5.74, 6) is 0.719. The molecular weight excluding hydrogens is 350 g/mol. The minimum Gasteiger partial charge on any atom is -0.497 e. The molecule has 0 aromatic heterocycles. The normalized spacial score (nSPS) is 16.8. The predicted octanol–water partition coefficient (Wildman–Crippen LogP) is 3.00. The first kappa shape index (κ1) is 17.7. The maximum Gasteiger partial charge on any atom is 0.266 e. The number of hydrogen-bond donors (Lipinski definition) is 2. The second-order valence-corrected chi connectivity index (χ2v) is 5.92. The largest absolute Gasteiger partial charge is 0.497 e. The Hall–Kier alpha value is -3.11. The van der Waals surface area contributed by atoms with Gasteiger partial charge in [-0.1, -0.05) is 18.2 Å². The monoisotopic (exact) mass is 367 g/mol. The second-order valence-electron chi connectivity index (χ2n) is 5.50. The van der Waals surface area contributed by atoms with Crippen molar-refractivity contribution >= 4 is 24.2 Å². The lowest BCUT2D eigenvalue weighted by molar-refractivity contribution is -0.118. The number of amides is 1. The molecule has 6 nitrogen and oxygen atoms in total. The highest BCUT2D eigenvalue weighted by Crippen LogP contribution is 2.39. The highest BCUT2D eigenvalue weighted by molar-refractivity contribution is 7.84. The summed E-state index contributed by atoms with van der Waals surface area (Å²) in [6.45, 7) is 0. The number of hydrogen-bond acceptors (Lipinski definition) is 6. The molecule has 0 unspecified atom stereocenters. The van der Waals surface area contributed by atoms with E-state index in [1.165, 1.54) is 0 Å². The van der Waals surface area contributed by atoms with E-state index >= 15 is 0 Å². The fourth-order valence-electron chi connectivity index (χ4n) is 2.84. The fourth-order valence-corrected chi connectivity index (χ4v) is 3.22. The standard InChI is InChI=1S/C19H17N3O3S/c1-24-13-8-9-16(25-2)14(10-13)17-21-18(23)15(11-20)19(26)22(17)12-6-4-3-5-7-12/h3-10,17,26H,1-2H3,(H,21,23)/t17-/m1/s1. The van der Waals surface area contributed by atoms with Gasteiger partial charge in [0.2, 0.25) is 0 Å². The first-order chi connectivity index (χ1) is 12.6. The van der Waals surface area contributed by atoms with Crippen molar-refractivity contribution in [2.45, 2.75) is 6.17 Å². The predicted molar refractivity (Wildman–Crippen MR) is 101 cm³/mol. The van der Waals surface area contributed by atoms with Crippen LogP contribution in [0.15, 0.2) is 59.1 Å². The van der Waals surface area contributed by atoms with Crippen LogP contribution in [-0.2, 0) is 4.79 Å². The van der Waals surface area contributed by atoms with E-state index in [-0.39, 0.29) is 10.6 Å². The van der Waals surface area contributed by atoms with Gasteiger partial charge < -0.3 is 19.7 Å². The number of para-hydroxylation sites is 1. The van der Waals surface area contributed by atoms with Gasteiger partial charge in [-0.15, -0.1) is 12.6 Å². The molecule has 1 atom stereocenters. The Bertz CT molecular complexity index is 906. The van der Waals surface area contributed by atoms with Crippen molar-refractivity contribution in [2.24, 2.45) is 0 Å². The van der Waals surface area contributed by atoms with E-state index in [1.54, 1.807) is 37.3 Å². The zero-order valence-corrected chi connectivity index (χ0v) is 15.2. The summed E-state index contributed by atoms with van der Waals surface area (Å²) in [5, 5.41) is 12.5. The van der Waals surface area contributed by atoms with Crippen molar-refractivity contribution in [1.29, 1.82) is 5.26 Å². The van der Waals surface area contributed by atoms with Gasteiger partial charge >= 0.3 is 0 Å². The lowest BCUT2D eigenvalue weighted by atomic mass is 10.1. The number of benzene rings is 2. The SMILES string of the molecule is COc1ccc(OC)c([C@@H]2NC(=O)C(C#N)=C(S)N2c2ccccc2)c1. The van der Waals surface area contributed by atoms with Gasteiger partial charge in [0.05, 0.1) is 19.2 Å². The van der Waals surface area contributed by atoms with Crippen molar-refractivity contribution in [1.82, 2.24) is 5.32 Å². The van der Waals surface area contributed by atoms with Gasteiger partial charge in [-0.25, -0.2) is 0 Å². The minimum absolute atomic E-state index is 0.0460. The number of nitrogens with zero attached hydrogens (tertiary/aromatic N) is 2. The molecule has 1 aliphatic rings. The van der Waals surface area contributed by atoms with Gasteiger partial charge in [-0.3, -0.25) is 4.79 Å². The number of carbonyl (C=O) groups is 1. The van der Waals surface area contributed by atoms with Crippen LogP contribution in [0.4, 0.5) is 5.69 Å². The molecule has 0 saturated heterocycles. The second kappa shape index (κ2) is 7.42. The van der Waals surface area contributed by atoms with Gasteiger partial charge in [0, 0.05) is 11.3 Å². The molecule has 3 rings (SSSR count). The zero-order chi connectivity index (χ0) is 18.7. The number of nitrogens with one attached hydrogen (secondary N) is 1. The Kier molecular flexibility index (Phi) is 5.05. The molecule has 1 amide bonds. The summed E-state index contributed by atoms with van der Waals surface area (Å²) in [7, 11) is 3.12. The van der Waals surface area contributed by atoms with Crippen LogP contribution in [0.25, 0.3) is 0 Å². The molecule has 2 aromatic rings. The molecule has 0 aliphatic carbocycles. The number of thiol groups is 1. The highest BCUT2D eigenvalue weighted by Gasteiger charge is 2.35. The van der Waals surface area contributed by atoms with Crippen LogP contribution in [0.1, 0.15) is 11.7 Å². The van der Waals surface area contributed by atoms with E-state index in [0.29, 0.717) is 17.1 Å². The van der Waals surface area contributed by atoms with Gasteiger partial charge in [-0.05, 0) is 30.3 Å². The maximum atomic E-state index is 12.4. The zero-order valence-electron chi connectivity index (χ0n) is 14.3. The van der Waals surface area contributed by atoms with Crippen LogP contribution in [0, 0.1) is 11.3 Å². The molecule has 2 aromatic carbocycles. The molecule has 0 fully saturated rings. The van der Waals surface area contributed by atoms with Crippen molar-refractivity contribution in [3.8, 4) is 17.6 Å². The summed E-state index contributed by atoms with van der Waals surface area (Å²) >= 11 is 4.47. The lowest BCUT2D eigenvalue weighted by Gasteiger charge is -2.38. The van der Waals surface area contributed by atoms with E-state index in [0.717, 1.165) is 5.69 Å². The number of anilines is 1. The van der Waals surface area contributed by atoms with E-state index in [1.807, 2.05) is 36.4 Å². The Morgan fingerprint density at radius 2 is 1.88 bits per heavy atom. The summed E-state index contributed by atoms with van der Waals surface area (Å²) in [6, 6.07) is 16.6. The molecular formula is C19H17N3O3S. The van der Waals surface area contributed by atoms with Crippen LogP contribution >= 0.6 is 12.6 Å². The van der Waals surface area contributed by atoms with Crippen molar-refractivity contribution < 1.29 is 14.3 Å². The molecule has 0 radical (unpaired) electrons. The first-order valence-corrected chi connectivity index (χ1v) is 8.25. The van der Waals surface area contributed by atoms with Crippen LogP contribution in [0.2, 0.25) is 0 Å². The number of nitriles is 1. The minimum atomic E-state index is -0.612. The number of methoxy groups -OCH3 is 2. The van der Waals surface area contributed by atoms with E-state index in [4.69, 9.17) is 9.47 Å². The van der Waals surface area contributed by atoms with E-state index in [9.17, 15) is 10.1 Å². The molecule has 26 heavy (non-hydrogen) atoms. The van der Waals surface area contributed by atoms with Gasteiger partial charge in [-0.2, -0.15) is 5.26 Å². The molecule has 0 bridgehead atoms. The average Bonchev–Trinajstić information content (AvgIpc) is 2.68. The fraction of sp³-hybridized carbons (Fsp3) is 0.158. The van der Waals surface area contributed by atoms with E-state index in [2.05, 4.69) is 17.9 Å². The number of rotatable bonds is 4. The van der Waals surface area contributed by atoms with Gasteiger partial charge in [0.1, 0.15) is 29.3 Å². The molecule has 132 valence electrons. The summed E-state index contributed by atoms with van der Waals surface area (Å²) in [5.41, 5.74) is 1.42. The topological polar surface area (TPSA) is 74.6 Å². The molecule has 1 N–H and O–H groups in total. The first-order valence-electron chi connectivity index (χ1n) is 7.81. The molecule has 1 heterocycles. The van der Waals surface area contributed by atoms with Crippen LogP contribution in [0.3, 0.4) is 0 Å². The lowest BCUT2D eigenvalue weighted by Crippen LogP contribution is -2.46. The van der Waals surface area contributed by atoms with Crippen molar-refractivity contribution in [2.75, 3.05) is 19.1 Å². The molecule has 7 heteroatoms. The third-order valence-electron chi connectivity index (χ3n) is 4.08. The van der Waals surface area contributed by atoms with E-state index < -0.39 is 12.1 Å². The summed E-state index contributed by atoms with van der Waals surface area (Å²) in [4.78, 5) is 14.2. The molecule has 0 saturated carbocycles. The Morgan fingerprint density at radius 1 is 1.15 bits per heavy atom. The Morgan fingerprint density at radius 3 is 2.50 bits per heavy atom. The summed E-state index contributed by atoms with van der Waals surface area (Å²) in [6.07, 6.45) is -0.612. The maximum absolute atomic E-state index is 12.4. The van der Waals surface area contributed by atoms with Crippen LogP contribution in [0.5, 0.6) is 11.5 Å². The number of ether oxygens (including phenoxy) is 2. The third kappa shape index (κ3) is 3.07.